The Hall–Kier alpha value is -0.0800. The van der Waals surface area contributed by atoms with Crippen molar-refractivity contribution in [1.29, 1.82) is 0 Å². The van der Waals surface area contributed by atoms with Crippen molar-refractivity contribution in [2.45, 2.75) is 59.7 Å². The van der Waals surface area contributed by atoms with Gasteiger partial charge in [0.15, 0.2) is 0 Å². The predicted molar refractivity (Wildman–Crippen MR) is 62.2 cm³/mol. The van der Waals surface area contributed by atoms with Gasteiger partial charge in [0.1, 0.15) is 0 Å². The molecule has 0 saturated carbocycles. The maximum Gasteiger partial charge on any atom is 0.0489 e. The van der Waals surface area contributed by atoms with Crippen LogP contribution in [0.15, 0.2) is 0 Å². The molecule has 0 amide bonds. The SMILES string of the molecule is CC(C)C1NCN(C(C)C)C1C(C)C. The van der Waals surface area contributed by atoms with Gasteiger partial charge in [0.25, 0.3) is 0 Å². The summed E-state index contributed by atoms with van der Waals surface area (Å²) in [4.78, 5) is 2.59. The van der Waals surface area contributed by atoms with Crippen LogP contribution in [0.25, 0.3) is 0 Å². The number of nitrogens with zero attached hydrogens (tertiary/aromatic N) is 1. The molecule has 1 aliphatic rings. The van der Waals surface area contributed by atoms with E-state index in [0.717, 1.165) is 18.5 Å². The molecule has 0 aromatic carbocycles. The maximum atomic E-state index is 3.64. The second-order valence-electron chi connectivity index (χ2n) is 5.47. The highest BCUT2D eigenvalue weighted by Gasteiger charge is 2.38. The van der Waals surface area contributed by atoms with Crippen molar-refractivity contribution in [2.75, 3.05) is 6.67 Å². The summed E-state index contributed by atoms with van der Waals surface area (Å²) in [6.07, 6.45) is 0. The van der Waals surface area contributed by atoms with Gasteiger partial charge in [0.2, 0.25) is 0 Å². The molecule has 1 fully saturated rings. The lowest BCUT2D eigenvalue weighted by molar-refractivity contribution is 0.147. The molecule has 84 valence electrons. The lowest BCUT2D eigenvalue weighted by Crippen LogP contribution is -2.45. The van der Waals surface area contributed by atoms with E-state index >= 15 is 0 Å². The van der Waals surface area contributed by atoms with Crippen molar-refractivity contribution < 1.29 is 0 Å². The Morgan fingerprint density at radius 1 is 1.00 bits per heavy atom. The molecule has 1 rings (SSSR count). The molecule has 1 saturated heterocycles. The third-order valence-corrected chi connectivity index (χ3v) is 3.33. The van der Waals surface area contributed by atoms with Gasteiger partial charge in [-0.3, -0.25) is 10.2 Å². The van der Waals surface area contributed by atoms with E-state index < -0.39 is 0 Å². The molecule has 2 nitrogen and oxygen atoms in total. The van der Waals surface area contributed by atoms with E-state index in [-0.39, 0.29) is 0 Å². The molecule has 1 heterocycles. The van der Waals surface area contributed by atoms with Crippen LogP contribution in [0.2, 0.25) is 0 Å². The topological polar surface area (TPSA) is 15.3 Å². The van der Waals surface area contributed by atoms with Crippen LogP contribution in [0, 0.1) is 11.8 Å². The van der Waals surface area contributed by atoms with E-state index in [1.54, 1.807) is 0 Å². The van der Waals surface area contributed by atoms with Crippen molar-refractivity contribution >= 4 is 0 Å². The van der Waals surface area contributed by atoms with Gasteiger partial charge in [0, 0.05) is 24.8 Å². The summed E-state index contributed by atoms with van der Waals surface area (Å²) >= 11 is 0. The second kappa shape index (κ2) is 4.63. The van der Waals surface area contributed by atoms with Gasteiger partial charge in [-0.05, 0) is 25.7 Å². The molecule has 2 unspecified atom stereocenters. The van der Waals surface area contributed by atoms with E-state index in [2.05, 4.69) is 51.8 Å². The highest BCUT2D eigenvalue weighted by molar-refractivity contribution is 4.94. The third kappa shape index (κ3) is 2.29. The highest BCUT2D eigenvalue weighted by Crippen LogP contribution is 2.25. The first-order valence-corrected chi connectivity index (χ1v) is 5.94. The number of hydrogen-bond donors (Lipinski definition) is 1. The Morgan fingerprint density at radius 2 is 1.57 bits per heavy atom. The quantitative estimate of drug-likeness (QED) is 0.748. The summed E-state index contributed by atoms with van der Waals surface area (Å²) in [6.45, 7) is 14.9. The largest absolute Gasteiger partial charge is 0.300 e. The van der Waals surface area contributed by atoms with Gasteiger partial charge in [-0.15, -0.1) is 0 Å². The molecule has 0 aromatic rings. The van der Waals surface area contributed by atoms with Crippen LogP contribution in [0.5, 0.6) is 0 Å². The first-order valence-electron chi connectivity index (χ1n) is 5.94. The van der Waals surface area contributed by atoms with Gasteiger partial charge < -0.3 is 0 Å². The fourth-order valence-corrected chi connectivity index (χ4v) is 2.60. The average Bonchev–Trinajstić information content (AvgIpc) is 2.46. The molecule has 0 aliphatic carbocycles. The van der Waals surface area contributed by atoms with E-state index in [0.29, 0.717) is 18.1 Å². The number of rotatable bonds is 3. The summed E-state index contributed by atoms with van der Waals surface area (Å²) < 4.78 is 0. The van der Waals surface area contributed by atoms with Gasteiger partial charge in [0.05, 0.1) is 0 Å². The van der Waals surface area contributed by atoms with Crippen molar-refractivity contribution in [3.05, 3.63) is 0 Å². The standard InChI is InChI=1S/C12H26N2/c1-8(2)11-12(9(3)4)14(7-13-11)10(5)6/h8-13H,7H2,1-6H3. The van der Waals surface area contributed by atoms with E-state index in [1.165, 1.54) is 0 Å². The summed E-state index contributed by atoms with van der Waals surface area (Å²) in [7, 11) is 0. The first-order chi connectivity index (χ1) is 6.45. The molecular weight excluding hydrogens is 172 g/mol. The normalized spacial score (nSPS) is 29.8. The van der Waals surface area contributed by atoms with Crippen LogP contribution in [0.1, 0.15) is 41.5 Å². The van der Waals surface area contributed by atoms with Crippen molar-refractivity contribution in [3.8, 4) is 0 Å². The average molecular weight is 198 g/mol. The summed E-state index contributed by atoms with van der Waals surface area (Å²) in [6, 6.07) is 2.02. The molecule has 1 N–H and O–H groups in total. The fourth-order valence-electron chi connectivity index (χ4n) is 2.60. The fraction of sp³-hybridized carbons (Fsp3) is 1.00. The zero-order valence-corrected chi connectivity index (χ0v) is 10.5. The molecular formula is C12H26N2. The van der Waals surface area contributed by atoms with Crippen LogP contribution >= 0.6 is 0 Å². The molecule has 14 heavy (non-hydrogen) atoms. The lowest BCUT2D eigenvalue weighted by Gasteiger charge is -2.34. The highest BCUT2D eigenvalue weighted by atomic mass is 15.3. The minimum absolute atomic E-state index is 0.652. The van der Waals surface area contributed by atoms with E-state index in [4.69, 9.17) is 0 Å². The maximum absolute atomic E-state index is 3.64. The Labute approximate surface area is 89.1 Å². The number of nitrogens with one attached hydrogen (secondary N) is 1. The van der Waals surface area contributed by atoms with Gasteiger partial charge in [-0.1, -0.05) is 27.7 Å². The molecule has 0 aromatic heterocycles. The molecule has 2 heteroatoms. The smallest absolute Gasteiger partial charge is 0.0489 e. The van der Waals surface area contributed by atoms with Gasteiger partial charge in [-0.25, -0.2) is 0 Å². The number of hydrogen-bond acceptors (Lipinski definition) is 2. The van der Waals surface area contributed by atoms with Crippen LogP contribution in [0.3, 0.4) is 0 Å². The Bertz CT molecular complexity index is 159. The summed E-state index contributed by atoms with van der Waals surface area (Å²) in [5, 5.41) is 3.64. The summed E-state index contributed by atoms with van der Waals surface area (Å²) in [5.74, 6) is 1.46. The van der Waals surface area contributed by atoms with Crippen molar-refractivity contribution in [3.63, 3.8) is 0 Å². The molecule has 0 bridgehead atoms. The van der Waals surface area contributed by atoms with E-state index in [9.17, 15) is 0 Å². The van der Waals surface area contributed by atoms with Gasteiger partial charge in [-0.2, -0.15) is 0 Å². The van der Waals surface area contributed by atoms with Crippen LogP contribution in [-0.4, -0.2) is 29.7 Å². The minimum atomic E-state index is 0.652. The lowest BCUT2D eigenvalue weighted by atomic mass is 9.89. The van der Waals surface area contributed by atoms with Crippen molar-refractivity contribution in [1.82, 2.24) is 10.2 Å². The van der Waals surface area contributed by atoms with Crippen LogP contribution < -0.4 is 5.32 Å². The molecule has 1 aliphatic heterocycles. The molecule has 0 spiro atoms. The molecule has 2 atom stereocenters. The third-order valence-electron chi connectivity index (χ3n) is 3.33. The first kappa shape index (κ1) is 12.0. The Kier molecular flexibility index (Phi) is 3.96. The van der Waals surface area contributed by atoms with Gasteiger partial charge >= 0.3 is 0 Å². The second-order valence-corrected chi connectivity index (χ2v) is 5.47. The predicted octanol–water partition coefficient (Wildman–Crippen LogP) is 2.31. The zero-order chi connectivity index (χ0) is 10.9. The zero-order valence-electron chi connectivity index (χ0n) is 10.5. The van der Waals surface area contributed by atoms with Crippen LogP contribution in [-0.2, 0) is 0 Å². The Morgan fingerprint density at radius 3 is 1.93 bits per heavy atom. The monoisotopic (exact) mass is 198 g/mol. The van der Waals surface area contributed by atoms with Crippen LogP contribution in [0.4, 0.5) is 0 Å². The van der Waals surface area contributed by atoms with Crippen molar-refractivity contribution in [2.24, 2.45) is 11.8 Å². The Balaban J connectivity index is 2.74. The van der Waals surface area contributed by atoms with E-state index in [1.807, 2.05) is 0 Å². The summed E-state index contributed by atoms with van der Waals surface area (Å²) in [5.41, 5.74) is 0. The minimum Gasteiger partial charge on any atom is -0.300 e. The molecule has 0 radical (unpaired) electrons.